The molecule has 1 amide bonds. The Labute approximate surface area is 141 Å². The minimum atomic E-state index is -0.561. The molecule has 3 nitrogen and oxygen atoms in total. The van der Waals surface area contributed by atoms with Crippen LogP contribution in [0.25, 0.3) is 10.6 Å². The molecule has 0 aliphatic rings. The molecule has 0 saturated carbocycles. The first-order chi connectivity index (χ1) is 11.1. The summed E-state index contributed by atoms with van der Waals surface area (Å²) < 4.78 is 13.7. The van der Waals surface area contributed by atoms with Gasteiger partial charge < -0.3 is 5.32 Å². The number of anilines is 1. The molecule has 0 bridgehead atoms. The van der Waals surface area contributed by atoms with E-state index in [0.29, 0.717) is 5.69 Å². The Hall–Kier alpha value is -2.24. The number of nitrogens with one attached hydrogen (secondary N) is 1. The van der Waals surface area contributed by atoms with Gasteiger partial charge in [-0.1, -0.05) is 41.9 Å². The van der Waals surface area contributed by atoms with Crippen LogP contribution in [0.1, 0.15) is 5.69 Å². The lowest BCUT2D eigenvalue weighted by Crippen LogP contribution is -2.15. The van der Waals surface area contributed by atoms with E-state index >= 15 is 0 Å². The monoisotopic (exact) mass is 346 g/mol. The van der Waals surface area contributed by atoms with Crippen molar-refractivity contribution in [2.24, 2.45) is 0 Å². The fraction of sp³-hybridized carbons (Fsp3) is 0.0588. The van der Waals surface area contributed by atoms with Crippen molar-refractivity contribution in [3.8, 4) is 10.6 Å². The van der Waals surface area contributed by atoms with E-state index in [0.717, 1.165) is 16.6 Å². The molecular weight excluding hydrogens is 335 g/mol. The van der Waals surface area contributed by atoms with Crippen LogP contribution in [0.2, 0.25) is 5.02 Å². The summed E-state index contributed by atoms with van der Waals surface area (Å²) in [5, 5.41) is 5.50. The van der Waals surface area contributed by atoms with Gasteiger partial charge in [0.1, 0.15) is 10.8 Å². The number of hydrogen-bond donors (Lipinski definition) is 1. The molecule has 0 saturated heterocycles. The number of halogens is 2. The fourth-order valence-corrected chi connectivity index (χ4v) is 3.04. The smallest absolute Gasteiger partial charge is 0.230 e. The Morgan fingerprint density at radius 3 is 2.74 bits per heavy atom. The summed E-state index contributed by atoms with van der Waals surface area (Å²) >= 11 is 7.16. The third-order valence-electron chi connectivity index (χ3n) is 3.12. The summed E-state index contributed by atoms with van der Waals surface area (Å²) in [5.41, 5.74) is 1.77. The Bertz CT molecular complexity index is 836. The largest absolute Gasteiger partial charge is 0.323 e. The van der Waals surface area contributed by atoms with Crippen LogP contribution >= 0.6 is 22.9 Å². The summed E-state index contributed by atoms with van der Waals surface area (Å²) in [7, 11) is 0. The molecule has 116 valence electrons. The molecule has 0 unspecified atom stereocenters. The standard InChI is InChI=1S/C17H12ClFN2OS/c18-12-6-7-15(14(19)8-12)21-16(22)9-13-10-23-17(20-13)11-4-2-1-3-5-11/h1-8,10H,9H2,(H,21,22). The topological polar surface area (TPSA) is 42.0 Å². The van der Waals surface area contributed by atoms with Crippen LogP contribution in [0.3, 0.4) is 0 Å². The summed E-state index contributed by atoms with van der Waals surface area (Å²) in [6.45, 7) is 0. The van der Waals surface area contributed by atoms with Crippen molar-refractivity contribution in [3.63, 3.8) is 0 Å². The summed E-state index contributed by atoms with van der Waals surface area (Å²) in [4.78, 5) is 16.5. The van der Waals surface area contributed by atoms with E-state index in [9.17, 15) is 9.18 Å². The molecule has 23 heavy (non-hydrogen) atoms. The number of hydrogen-bond acceptors (Lipinski definition) is 3. The SMILES string of the molecule is O=C(Cc1csc(-c2ccccc2)n1)Nc1ccc(Cl)cc1F. The van der Waals surface area contributed by atoms with Gasteiger partial charge in [0.05, 0.1) is 17.8 Å². The van der Waals surface area contributed by atoms with E-state index in [2.05, 4.69) is 10.3 Å². The Morgan fingerprint density at radius 2 is 2.00 bits per heavy atom. The van der Waals surface area contributed by atoms with Gasteiger partial charge in [0.25, 0.3) is 0 Å². The minimum Gasteiger partial charge on any atom is -0.323 e. The first-order valence-corrected chi connectivity index (χ1v) is 8.12. The number of aromatic nitrogens is 1. The molecule has 1 aromatic heterocycles. The summed E-state index contributed by atoms with van der Waals surface area (Å²) in [6.07, 6.45) is 0.0887. The third-order valence-corrected chi connectivity index (χ3v) is 4.29. The van der Waals surface area contributed by atoms with Crippen LogP contribution in [0.5, 0.6) is 0 Å². The second-order valence-electron chi connectivity index (χ2n) is 4.86. The zero-order valence-electron chi connectivity index (χ0n) is 11.9. The highest BCUT2D eigenvalue weighted by molar-refractivity contribution is 7.13. The second-order valence-corrected chi connectivity index (χ2v) is 6.15. The number of carbonyl (C=O) groups excluding carboxylic acids is 1. The summed E-state index contributed by atoms with van der Waals surface area (Å²) in [6, 6.07) is 13.9. The number of nitrogens with zero attached hydrogens (tertiary/aromatic N) is 1. The fourth-order valence-electron chi connectivity index (χ4n) is 2.05. The van der Waals surface area contributed by atoms with E-state index in [1.807, 2.05) is 35.7 Å². The maximum atomic E-state index is 13.7. The van der Waals surface area contributed by atoms with Crippen molar-refractivity contribution in [3.05, 3.63) is 70.4 Å². The molecule has 3 aromatic rings. The molecule has 0 atom stereocenters. The highest BCUT2D eigenvalue weighted by Gasteiger charge is 2.11. The molecule has 0 radical (unpaired) electrons. The normalized spacial score (nSPS) is 10.5. The zero-order valence-corrected chi connectivity index (χ0v) is 13.5. The van der Waals surface area contributed by atoms with Crippen LogP contribution in [0.15, 0.2) is 53.9 Å². The molecular formula is C17H12ClFN2OS. The zero-order chi connectivity index (χ0) is 16.2. The van der Waals surface area contributed by atoms with E-state index in [4.69, 9.17) is 11.6 Å². The van der Waals surface area contributed by atoms with Crippen molar-refractivity contribution in [2.75, 3.05) is 5.32 Å². The third kappa shape index (κ3) is 3.94. The number of thiazole rings is 1. The average Bonchev–Trinajstić information content (AvgIpc) is 2.99. The Kier molecular flexibility index (Phi) is 4.69. The molecule has 0 fully saturated rings. The molecule has 1 N–H and O–H groups in total. The molecule has 1 heterocycles. The lowest BCUT2D eigenvalue weighted by atomic mass is 10.2. The van der Waals surface area contributed by atoms with Crippen LogP contribution in [0.4, 0.5) is 10.1 Å². The van der Waals surface area contributed by atoms with Crippen LogP contribution < -0.4 is 5.32 Å². The number of rotatable bonds is 4. The first-order valence-electron chi connectivity index (χ1n) is 6.86. The lowest BCUT2D eigenvalue weighted by Gasteiger charge is -2.05. The van der Waals surface area contributed by atoms with Crippen LogP contribution in [0, 0.1) is 5.82 Å². The minimum absolute atomic E-state index is 0.0887. The number of carbonyl (C=O) groups is 1. The van der Waals surface area contributed by atoms with Crippen LogP contribution in [-0.2, 0) is 11.2 Å². The van der Waals surface area contributed by atoms with Crippen molar-refractivity contribution < 1.29 is 9.18 Å². The maximum Gasteiger partial charge on any atom is 0.230 e. The van der Waals surface area contributed by atoms with E-state index in [1.54, 1.807) is 0 Å². The van der Waals surface area contributed by atoms with Gasteiger partial charge in [-0.3, -0.25) is 4.79 Å². The quantitative estimate of drug-likeness (QED) is 0.738. The second kappa shape index (κ2) is 6.89. The van der Waals surface area contributed by atoms with Gasteiger partial charge >= 0.3 is 0 Å². The lowest BCUT2D eigenvalue weighted by molar-refractivity contribution is -0.115. The highest BCUT2D eigenvalue weighted by Crippen LogP contribution is 2.24. The maximum absolute atomic E-state index is 13.7. The molecule has 0 spiro atoms. The first kappa shape index (κ1) is 15.6. The molecule has 0 aliphatic heterocycles. The van der Waals surface area contributed by atoms with Gasteiger partial charge in [0.15, 0.2) is 0 Å². The van der Waals surface area contributed by atoms with Crippen molar-refractivity contribution in [1.82, 2.24) is 4.98 Å². The van der Waals surface area contributed by atoms with Gasteiger partial charge in [-0.15, -0.1) is 11.3 Å². The molecule has 2 aromatic carbocycles. The molecule has 3 rings (SSSR count). The van der Waals surface area contributed by atoms with Crippen LogP contribution in [-0.4, -0.2) is 10.9 Å². The van der Waals surface area contributed by atoms with Crippen molar-refractivity contribution in [2.45, 2.75) is 6.42 Å². The van der Waals surface area contributed by atoms with Gasteiger partial charge in [-0.05, 0) is 18.2 Å². The van der Waals surface area contributed by atoms with E-state index < -0.39 is 5.82 Å². The Morgan fingerprint density at radius 1 is 1.22 bits per heavy atom. The highest BCUT2D eigenvalue weighted by atomic mass is 35.5. The van der Waals surface area contributed by atoms with E-state index in [-0.39, 0.29) is 23.0 Å². The average molecular weight is 347 g/mol. The van der Waals surface area contributed by atoms with E-state index in [1.165, 1.54) is 23.5 Å². The van der Waals surface area contributed by atoms with Crippen molar-refractivity contribution >= 4 is 34.5 Å². The van der Waals surface area contributed by atoms with Gasteiger partial charge in [0.2, 0.25) is 5.91 Å². The molecule has 0 aliphatic carbocycles. The number of amides is 1. The predicted octanol–water partition coefficient (Wildman–Crippen LogP) is 4.78. The van der Waals surface area contributed by atoms with Gasteiger partial charge in [0, 0.05) is 16.0 Å². The number of benzene rings is 2. The summed E-state index contributed by atoms with van der Waals surface area (Å²) in [5.74, 6) is -0.884. The van der Waals surface area contributed by atoms with Crippen molar-refractivity contribution in [1.29, 1.82) is 0 Å². The Balaban J connectivity index is 1.68. The van der Waals surface area contributed by atoms with Gasteiger partial charge in [-0.2, -0.15) is 0 Å². The van der Waals surface area contributed by atoms with Gasteiger partial charge in [-0.25, -0.2) is 9.37 Å². The molecule has 6 heteroatoms. The predicted molar refractivity (Wildman–Crippen MR) is 91.3 cm³/mol.